The van der Waals surface area contributed by atoms with E-state index in [1.807, 2.05) is 0 Å². The summed E-state index contributed by atoms with van der Waals surface area (Å²) in [5.41, 5.74) is 0. The van der Waals surface area contributed by atoms with Crippen LogP contribution in [0.2, 0.25) is 0 Å². The summed E-state index contributed by atoms with van der Waals surface area (Å²) in [7, 11) is 0. The van der Waals surface area contributed by atoms with Crippen LogP contribution in [0.5, 0.6) is 0 Å². The van der Waals surface area contributed by atoms with Crippen LogP contribution in [0.3, 0.4) is 0 Å². The van der Waals surface area contributed by atoms with E-state index in [0.717, 1.165) is 19.4 Å². The van der Waals surface area contributed by atoms with Gasteiger partial charge >= 0.3 is 0 Å². The number of nitrogens with one attached hydrogen (secondary N) is 2. The largest absolute Gasteiger partial charge is 0.394 e. The Bertz CT molecular complexity index is 155. The van der Waals surface area contributed by atoms with Gasteiger partial charge in [-0.05, 0) is 26.3 Å². The van der Waals surface area contributed by atoms with E-state index >= 15 is 0 Å². The summed E-state index contributed by atoms with van der Waals surface area (Å²) in [6.45, 7) is 2.71. The van der Waals surface area contributed by atoms with Gasteiger partial charge in [0, 0.05) is 6.04 Å². The number of hydrogen-bond acceptors (Lipinski definition) is 3. The second-order valence-electron chi connectivity index (χ2n) is 3.24. The molecule has 0 aromatic heterocycles. The number of amides is 1. The third-order valence-corrected chi connectivity index (χ3v) is 2.04. The maximum Gasteiger partial charge on any atom is 0.237 e. The molecule has 12 heavy (non-hydrogen) atoms. The SMILES string of the molecule is C[C@H](CO)NC(=O)C1CCCN1. The van der Waals surface area contributed by atoms with Crippen LogP contribution in [0.1, 0.15) is 19.8 Å². The van der Waals surface area contributed by atoms with Crippen molar-refractivity contribution in [2.24, 2.45) is 0 Å². The van der Waals surface area contributed by atoms with E-state index < -0.39 is 0 Å². The summed E-state index contributed by atoms with van der Waals surface area (Å²) < 4.78 is 0. The first-order chi connectivity index (χ1) is 5.74. The molecule has 1 rings (SSSR count). The second kappa shape index (κ2) is 4.42. The van der Waals surface area contributed by atoms with Crippen LogP contribution in [0, 0.1) is 0 Å². The molecule has 0 aliphatic carbocycles. The lowest BCUT2D eigenvalue weighted by molar-refractivity contribution is -0.123. The lowest BCUT2D eigenvalue weighted by Gasteiger charge is -2.14. The predicted molar refractivity (Wildman–Crippen MR) is 45.7 cm³/mol. The van der Waals surface area contributed by atoms with Crippen molar-refractivity contribution in [2.75, 3.05) is 13.2 Å². The fourth-order valence-electron chi connectivity index (χ4n) is 1.30. The van der Waals surface area contributed by atoms with E-state index in [0.29, 0.717) is 0 Å². The van der Waals surface area contributed by atoms with Gasteiger partial charge in [0.25, 0.3) is 0 Å². The fraction of sp³-hybridized carbons (Fsp3) is 0.875. The summed E-state index contributed by atoms with van der Waals surface area (Å²) in [6, 6.07) is -0.182. The van der Waals surface area contributed by atoms with E-state index in [2.05, 4.69) is 10.6 Å². The summed E-state index contributed by atoms with van der Waals surface area (Å²) in [4.78, 5) is 11.3. The molecule has 1 aliphatic heterocycles. The first-order valence-corrected chi connectivity index (χ1v) is 4.38. The van der Waals surface area contributed by atoms with E-state index in [4.69, 9.17) is 5.11 Å². The lowest BCUT2D eigenvalue weighted by Crippen LogP contribution is -2.45. The molecular formula is C8H16N2O2. The Balaban J connectivity index is 2.27. The molecule has 1 fully saturated rings. The van der Waals surface area contributed by atoms with Crippen LogP contribution in [0.4, 0.5) is 0 Å². The number of rotatable bonds is 3. The molecular weight excluding hydrogens is 156 g/mol. The minimum absolute atomic E-state index is 0.00153. The third-order valence-electron chi connectivity index (χ3n) is 2.04. The average Bonchev–Trinajstić information content (AvgIpc) is 2.56. The Morgan fingerprint density at radius 3 is 3.08 bits per heavy atom. The molecule has 4 heteroatoms. The van der Waals surface area contributed by atoms with Crippen molar-refractivity contribution in [2.45, 2.75) is 31.8 Å². The molecule has 70 valence electrons. The number of hydrogen-bond donors (Lipinski definition) is 3. The van der Waals surface area contributed by atoms with Gasteiger partial charge < -0.3 is 15.7 Å². The smallest absolute Gasteiger partial charge is 0.237 e. The maximum absolute atomic E-state index is 11.3. The van der Waals surface area contributed by atoms with Crippen molar-refractivity contribution in [3.63, 3.8) is 0 Å². The van der Waals surface area contributed by atoms with Crippen molar-refractivity contribution >= 4 is 5.91 Å². The molecule has 1 aliphatic rings. The van der Waals surface area contributed by atoms with Crippen LogP contribution in [-0.2, 0) is 4.79 Å². The highest BCUT2D eigenvalue weighted by molar-refractivity contribution is 5.82. The van der Waals surface area contributed by atoms with Crippen molar-refractivity contribution in [1.82, 2.24) is 10.6 Å². The van der Waals surface area contributed by atoms with Crippen LogP contribution in [0.25, 0.3) is 0 Å². The molecule has 1 unspecified atom stereocenters. The molecule has 0 radical (unpaired) electrons. The monoisotopic (exact) mass is 172 g/mol. The lowest BCUT2D eigenvalue weighted by atomic mass is 10.2. The van der Waals surface area contributed by atoms with Gasteiger partial charge in [-0.2, -0.15) is 0 Å². The number of carbonyl (C=O) groups excluding carboxylic acids is 1. The highest BCUT2D eigenvalue weighted by Gasteiger charge is 2.22. The summed E-state index contributed by atoms with van der Waals surface area (Å²) in [6.07, 6.45) is 1.97. The molecule has 0 aromatic rings. The van der Waals surface area contributed by atoms with Crippen LogP contribution >= 0.6 is 0 Å². The second-order valence-corrected chi connectivity index (χ2v) is 3.24. The van der Waals surface area contributed by atoms with Crippen LogP contribution in [-0.4, -0.2) is 36.2 Å². The molecule has 3 N–H and O–H groups in total. The van der Waals surface area contributed by atoms with Gasteiger partial charge in [0.2, 0.25) is 5.91 Å². The van der Waals surface area contributed by atoms with E-state index in [-0.39, 0.29) is 24.6 Å². The minimum atomic E-state index is -0.139. The van der Waals surface area contributed by atoms with Gasteiger partial charge in [-0.15, -0.1) is 0 Å². The summed E-state index contributed by atoms with van der Waals surface area (Å²) in [5.74, 6) is 0.00838. The molecule has 4 nitrogen and oxygen atoms in total. The van der Waals surface area contributed by atoms with E-state index in [1.165, 1.54) is 0 Å². The van der Waals surface area contributed by atoms with Crippen LogP contribution in [0.15, 0.2) is 0 Å². The van der Waals surface area contributed by atoms with Gasteiger partial charge in [0.15, 0.2) is 0 Å². The van der Waals surface area contributed by atoms with Crippen molar-refractivity contribution in [1.29, 1.82) is 0 Å². The number of carbonyl (C=O) groups is 1. The van der Waals surface area contributed by atoms with Crippen LogP contribution < -0.4 is 10.6 Å². The van der Waals surface area contributed by atoms with E-state index in [1.54, 1.807) is 6.92 Å². The Kier molecular flexibility index (Phi) is 3.49. The number of aliphatic hydroxyl groups excluding tert-OH is 1. The third kappa shape index (κ3) is 2.46. The zero-order valence-corrected chi connectivity index (χ0v) is 7.34. The zero-order valence-electron chi connectivity index (χ0n) is 7.34. The molecule has 0 aromatic carbocycles. The van der Waals surface area contributed by atoms with Gasteiger partial charge in [-0.25, -0.2) is 0 Å². The Labute approximate surface area is 72.3 Å². The van der Waals surface area contributed by atoms with Crippen molar-refractivity contribution < 1.29 is 9.90 Å². The van der Waals surface area contributed by atoms with Gasteiger partial charge in [-0.3, -0.25) is 4.79 Å². The first-order valence-electron chi connectivity index (χ1n) is 4.38. The van der Waals surface area contributed by atoms with Gasteiger partial charge in [0.1, 0.15) is 0 Å². The standard InChI is InChI=1S/C8H16N2O2/c1-6(5-11)10-8(12)7-3-2-4-9-7/h6-7,9,11H,2-5H2,1H3,(H,10,12)/t6-,7?/m1/s1. The Morgan fingerprint density at radius 2 is 2.58 bits per heavy atom. The molecule has 0 saturated carbocycles. The molecule has 2 atom stereocenters. The highest BCUT2D eigenvalue weighted by atomic mass is 16.3. The summed E-state index contributed by atoms with van der Waals surface area (Å²) >= 11 is 0. The highest BCUT2D eigenvalue weighted by Crippen LogP contribution is 2.04. The predicted octanol–water partition coefficient (Wildman–Crippen LogP) is -0.765. The van der Waals surface area contributed by atoms with Crippen molar-refractivity contribution in [3.8, 4) is 0 Å². The average molecular weight is 172 g/mol. The Morgan fingerprint density at radius 1 is 1.83 bits per heavy atom. The van der Waals surface area contributed by atoms with Crippen molar-refractivity contribution in [3.05, 3.63) is 0 Å². The quantitative estimate of drug-likeness (QED) is 0.524. The normalized spacial score (nSPS) is 25.3. The molecule has 1 amide bonds. The zero-order chi connectivity index (χ0) is 8.97. The molecule has 0 spiro atoms. The Hall–Kier alpha value is -0.610. The van der Waals surface area contributed by atoms with E-state index in [9.17, 15) is 4.79 Å². The first kappa shape index (κ1) is 9.48. The maximum atomic E-state index is 11.3. The topological polar surface area (TPSA) is 61.4 Å². The number of aliphatic hydroxyl groups is 1. The fourth-order valence-corrected chi connectivity index (χ4v) is 1.30. The summed E-state index contributed by atoms with van der Waals surface area (Å²) in [5, 5.41) is 14.5. The molecule has 1 heterocycles. The minimum Gasteiger partial charge on any atom is -0.394 e. The molecule has 0 bridgehead atoms. The molecule has 1 saturated heterocycles. The van der Waals surface area contributed by atoms with Gasteiger partial charge in [-0.1, -0.05) is 0 Å². The van der Waals surface area contributed by atoms with Gasteiger partial charge in [0.05, 0.1) is 12.6 Å².